The molecule has 3 nitrogen and oxygen atoms in total. The SMILES string of the molecule is NCC(CC1CC1)(CC1CSc2ccccc21)C(=O)O. The van der Waals surface area contributed by atoms with Gasteiger partial charge in [0, 0.05) is 17.2 Å². The smallest absolute Gasteiger partial charge is 0.310 e. The lowest BCUT2D eigenvalue weighted by atomic mass is 9.74. The highest BCUT2D eigenvalue weighted by Crippen LogP contribution is 2.49. The molecule has 0 radical (unpaired) electrons. The topological polar surface area (TPSA) is 63.3 Å². The van der Waals surface area contributed by atoms with E-state index < -0.39 is 11.4 Å². The molecule has 1 saturated carbocycles. The summed E-state index contributed by atoms with van der Waals surface area (Å²) in [5.41, 5.74) is 6.48. The Morgan fingerprint density at radius 2 is 2.10 bits per heavy atom. The zero-order valence-corrected chi connectivity index (χ0v) is 12.4. The van der Waals surface area contributed by atoms with Crippen LogP contribution in [0, 0.1) is 11.3 Å². The summed E-state index contributed by atoms with van der Waals surface area (Å²) in [6, 6.07) is 8.36. The van der Waals surface area contributed by atoms with E-state index in [1.165, 1.54) is 23.3 Å². The molecule has 20 heavy (non-hydrogen) atoms. The van der Waals surface area contributed by atoms with Gasteiger partial charge in [-0.15, -0.1) is 11.8 Å². The van der Waals surface area contributed by atoms with E-state index in [2.05, 4.69) is 12.1 Å². The first-order valence-corrected chi connectivity index (χ1v) is 8.28. The molecule has 1 aromatic rings. The number of benzene rings is 1. The van der Waals surface area contributed by atoms with Crippen LogP contribution in [0.25, 0.3) is 0 Å². The Bertz CT molecular complexity index is 515. The van der Waals surface area contributed by atoms with E-state index in [4.69, 9.17) is 5.73 Å². The molecule has 1 fully saturated rings. The van der Waals surface area contributed by atoms with Gasteiger partial charge in [-0.2, -0.15) is 0 Å². The van der Waals surface area contributed by atoms with Gasteiger partial charge in [0.1, 0.15) is 0 Å². The first-order chi connectivity index (χ1) is 9.64. The number of hydrogen-bond acceptors (Lipinski definition) is 3. The van der Waals surface area contributed by atoms with Gasteiger partial charge >= 0.3 is 5.97 Å². The Labute approximate surface area is 123 Å². The molecule has 2 unspecified atom stereocenters. The maximum atomic E-state index is 11.8. The monoisotopic (exact) mass is 291 g/mol. The number of thioether (sulfide) groups is 1. The van der Waals surface area contributed by atoms with Gasteiger partial charge in [-0.25, -0.2) is 0 Å². The molecule has 0 bridgehead atoms. The summed E-state index contributed by atoms with van der Waals surface area (Å²) in [5, 5.41) is 9.72. The number of carbonyl (C=O) groups is 1. The van der Waals surface area contributed by atoms with Crippen molar-refractivity contribution in [3.05, 3.63) is 29.8 Å². The van der Waals surface area contributed by atoms with Crippen LogP contribution in [0.15, 0.2) is 29.2 Å². The zero-order valence-electron chi connectivity index (χ0n) is 11.5. The summed E-state index contributed by atoms with van der Waals surface area (Å²) in [5.74, 6) is 1.19. The second kappa shape index (κ2) is 5.41. The molecule has 0 saturated heterocycles. The van der Waals surface area contributed by atoms with Crippen LogP contribution in [0.3, 0.4) is 0 Å². The Kier molecular flexibility index (Phi) is 3.78. The molecular weight excluding hydrogens is 270 g/mol. The molecule has 0 amide bonds. The highest BCUT2D eigenvalue weighted by atomic mass is 32.2. The Balaban J connectivity index is 1.81. The minimum atomic E-state index is -0.732. The third-order valence-corrected chi connectivity index (χ3v) is 5.91. The molecule has 0 spiro atoms. The number of carboxylic acid groups (broad SMARTS) is 1. The summed E-state index contributed by atoms with van der Waals surface area (Å²) in [4.78, 5) is 13.1. The van der Waals surface area contributed by atoms with Crippen LogP contribution in [0.5, 0.6) is 0 Å². The van der Waals surface area contributed by atoms with Gasteiger partial charge in [0.15, 0.2) is 0 Å². The summed E-state index contributed by atoms with van der Waals surface area (Å²) in [6.07, 6.45) is 3.78. The molecule has 3 N–H and O–H groups in total. The third-order valence-electron chi connectivity index (χ3n) is 4.66. The maximum absolute atomic E-state index is 11.8. The fourth-order valence-electron chi connectivity index (χ4n) is 3.26. The molecule has 1 aromatic carbocycles. The highest BCUT2D eigenvalue weighted by molar-refractivity contribution is 7.99. The molecule has 108 valence electrons. The van der Waals surface area contributed by atoms with Gasteiger partial charge in [-0.1, -0.05) is 31.0 Å². The quantitative estimate of drug-likeness (QED) is 0.845. The van der Waals surface area contributed by atoms with Crippen LogP contribution in [-0.2, 0) is 4.79 Å². The van der Waals surface area contributed by atoms with Gasteiger partial charge in [0.05, 0.1) is 5.41 Å². The van der Waals surface area contributed by atoms with Gasteiger partial charge in [0.2, 0.25) is 0 Å². The second-order valence-corrected chi connectivity index (χ2v) is 7.25. The van der Waals surface area contributed by atoms with Gasteiger partial charge in [0.25, 0.3) is 0 Å². The van der Waals surface area contributed by atoms with Crippen molar-refractivity contribution in [1.82, 2.24) is 0 Å². The minimum absolute atomic E-state index is 0.252. The summed E-state index contributed by atoms with van der Waals surface area (Å²) >= 11 is 1.84. The Hall–Kier alpha value is -1.00. The molecule has 4 heteroatoms. The van der Waals surface area contributed by atoms with Crippen LogP contribution in [0.4, 0.5) is 0 Å². The van der Waals surface area contributed by atoms with Gasteiger partial charge < -0.3 is 10.8 Å². The van der Waals surface area contributed by atoms with E-state index in [-0.39, 0.29) is 6.54 Å². The molecule has 1 aliphatic carbocycles. The molecule has 1 heterocycles. The van der Waals surface area contributed by atoms with E-state index in [1.807, 2.05) is 23.9 Å². The first-order valence-electron chi connectivity index (χ1n) is 7.30. The summed E-state index contributed by atoms with van der Waals surface area (Å²) in [7, 11) is 0. The molecule has 0 aromatic heterocycles. The van der Waals surface area contributed by atoms with Crippen LogP contribution in [0.2, 0.25) is 0 Å². The van der Waals surface area contributed by atoms with E-state index >= 15 is 0 Å². The van der Waals surface area contributed by atoms with E-state index in [1.54, 1.807) is 0 Å². The largest absolute Gasteiger partial charge is 0.481 e. The normalized spacial score (nSPS) is 24.1. The first kappa shape index (κ1) is 14.0. The lowest BCUT2D eigenvalue weighted by molar-refractivity contribution is -0.149. The van der Waals surface area contributed by atoms with Crippen molar-refractivity contribution in [2.45, 2.75) is 36.5 Å². The van der Waals surface area contributed by atoms with E-state index in [0.29, 0.717) is 18.3 Å². The lowest BCUT2D eigenvalue weighted by Gasteiger charge is -2.31. The average Bonchev–Trinajstić information content (AvgIpc) is 3.18. The predicted octanol–water partition coefficient (Wildman–Crippen LogP) is 3.10. The number of carboxylic acids is 1. The summed E-state index contributed by atoms with van der Waals surface area (Å²) < 4.78 is 0. The Morgan fingerprint density at radius 1 is 1.35 bits per heavy atom. The molecule has 2 aliphatic rings. The van der Waals surface area contributed by atoms with Gasteiger partial charge in [-0.3, -0.25) is 4.79 Å². The predicted molar refractivity (Wildman–Crippen MR) is 81.0 cm³/mol. The van der Waals surface area contributed by atoms with Gasteiger partial charge in [-0.05, 0) is 36.3 Å². The molecule has 1 aliphatic heterocycles. The fraction of sp³-hybridized carbons (Fsp3) is 0.562. The Morgan fingerprint density at radius 3 is 2.75 bits per heavy atom. The molecule has 3 rings (SSSR count). The average molecular weight is 291 g/mol. The van der Waals surface area contributed by atoms with E-state index in [0.717, 1.165) is 12.2 Å². The van der Waals surface area contributed by atoms with Crippen LogP contribution in [0.1, 0.15) is 37.2 Å². The summed E-state index contributed by atoms with van der Waals surface area (Å²) in [6.45, 7) is 0.252. The van der Waals surface area contributed by atoms with Crippen molar-refractivity contribution >= 4 is 17.7 Å². The highest BCUT2D eigenvalue weighted by Gasteiger charge is 2.44. The minimum Gasteiger partial charge on any atom is -0.481 e. The van der Waals surface area contributed by atoms with Crippen LogP contribution in [-0.4, -0.2) is 23.4 Å². The maximum Gasteiger partial charge on any atom is 0.310 e. The number of aliphatic carboxylic acids is 1. The molecule has 2 atom stereocenters. The fourth-order valence-corrected chi connectivity index (χ4v) is 4.51. The lowest BCUT2D eigenvalue weighted by Crippen LogP contribution is -2.40. The molecular formula is C16H21NO2S. The number of nitrogens with two attached hydrogens (primary N) is 1. The second-order valence-electron chi connectivity index (χ2n) is 6.19. The number of fused-ring (bicyclic) bond motifs is 1. The van der Waals surface area contributed by atoms with Crippen molar-refractivity contribution in [1.29, 1.82) is 0 Å². The number of rotatable bonds is 6. The third kappa shape index (κ3) is 2.59. The standard InChI is InChI=1S/C16H21NO2S/c17-10-16(15(18)19,7-11-5-6-11)8-12-9-20-14-4-2-1-3-13(12)14/h1-4,11-12H,5-10,17H2,(H,18,19). The van der Waals surface area contributed by atoms with Crippen molar-refractivity contribution in [2.24, 2.45) is 17.1 Å². The van der Waals surface area contributed by atoms with Crippen LogP contribution < -0.4 is 5.73 Å². The van der Waals surface area contributed by atoms with Crippen molar-refractivity contribution < 1.29 is 9.90 Å². The van der Waals surface area contributed by atoms with Crippen molar-refractivity contribution in [3.63, 3.8) is 0 Å². The number of hydrogen-bond donors (Lipinski definition) is 2. The van der Waals surface area contributed by atoms with E-state index in [9.17, 15) is 9.90 Å². The van der Waals surface area contributed by atoms with Crippen molar-refractivity contribution in [3.8, 4) is 0 Å². The zero-order chi connectivity index (χ0) is 14.2. The van der Waals surface area contributed by atoms with Crippen molar-refractivity contribution in [2.75, 3.05) is 12.3 Å². The van der Waals surface area contributed by atoms with Crippen LogP contribution >= 0.6 is 11.8 Å².